The molecule has 0 bridgehead atoms. The molecule has 2 aliphatic heterocycles. The summed E-state index contributed by atoms with van der Waals surface area (Å²) in [6, 6.07) is 9.42. The quantitative estimate of drug-likeness (QED) is 0.776. The van der Waals surface area contributed by atoms with Crippen LogP contribution in [0.3, 0.4) is 0 Å². The van der Waals surface area contributed by atoms with Gasteiger partial charge in [-0.3, -0.25) is 0 Å². The van der Waals surface area contributed by atoms with Gasteiger partial charge in [0.1, 0.15) is 0 Å². The molecule has 78 valence electrons. The molecule has 0 saturated carbocycles. The lowest BCUT2D eigenvalue weighted by Gasteiger charge is -2.30. The van der Waals surface area contributed by atoms with Crippen molar-refractivity contribution in [3.63, 3.8) is 0 Å². The van der Waals surface area contributed by atoms with E-state index in [4.69, 9.17) is 0 Å². The molecule has 1 nitrogen and oxygen atoms in total. The number of hydrogen-bond acceptors (Lipinski definition) is 2. The highest BCUT2D eigenvalue weighted by atomic mass is 32.2. The van der Waals surface area contributed by atoms with Crippen molar-refractivity contribution in [2.24, 2.45) is 0 Å². The molecule has 1 aromatic rings. The van der Waals surface area contributed by atoms with Crippen LogP contribution in [0.15, 0.2) is 35.7 Å². The molecule has 0 aliphatic carbocycles. The van der Waals surface area contributed by atoms with Gasteiger partial charge in [0.2, 0.25) is 0 Å². The van der Waals surface area contributed by atoms with Crippen molar-refractivity contribution in [2.45, 2.75) is 24.1 Å². The zero-order valence-corrected chi connectivity index (χ0v) is 9.46. The Morgan fingerprint density at radius 1 is 1.27 bits per heavy atom. The molecule has 2 heteroatoms. The van der Waals surface area contributed by atoms with Crippen molar-refractivity contribution in [3.8, 4) is 0 Å². The SMILES string of the molecule is C1=CSC(C2NCCc3ccccc32)C1. The number of thioether (sulfide) groups is 1. The molecule has 1 aromatic carbocycles. The minimum Gasteiger partial charge on any atom is -0.309 e. The smallest absolute Gasteiger partial charge is 0.0449 e. The van der Waals surface area contributed by atoms with Crippen LogP contribution in [0.5, 0.6) is 0 Å². The van der Waals surface area contributed by atoms with E-state index in [2.05, 4.69) is 41.1 Å². The monoisotopic (exact) mass is 217 g/mol. The second-order valence-electron chi connectivity index (χ2n) is 4.16. The van der Waals surface area contributed by atoms with Crippen molar-refractivity contribution in [2.75, 3.05) is 6.54 Å². The molecule has 15 heavy (non-hydrogen) atoms. The van der Waals surface area contributed by atoms with E-state index in [1.54, 1.807) is 0 Å². The predicted molar refractivity (Wildman–Crippen MR) is 66.0 cm³/mol. The number of benzene rings is 1. The molecule has 0 saturated heterocycles. The zero-order valence-electron chi connectivity index (χ0n) is 8.65. The normalized spacial score (nSPS) is 29.1. The van der Waals surface area contributed by atoms with E-state index < -0.39 is 0 Å². The highest BCUT2D eigenvalue weighted by Gasteiger charge is 2.27. The molecular formula is C13H15NS. The maximum absolute atomic E-state index is 3.66. The molecule has 3 rings (SSSR count). The number of hydrogen-bond donors (Lipinski definition) is 1. The molecule has 2 unspecified atom stereocenters. The second-order valence-corrected chi connectivity index (χ2v) is 5.31. The van der Waals surface area contributed by atoms with Gasteiger partial charge >= 0.3 is 0 Å². The topological polar surface area (TPSA) is 12.0 Å². The standard InChI is InChI=1S/C13H15NS/c1-2-5-11-10(4-1)7-8-14-13(11)12-6-3-9-15-12/h1-5,9,12-14H,6-8H2. The van der Waals surface area contributed by atoms with Gasteiger partial charge in [-0.2, -0.15) is 0 Å². The lowest BCUT2D eigenvalue weighted by Crippen LogP contribution is -2.35. The molecule has 2 heterocycles. The van der Waals surface area contributed by atoms with Gasteiger partial charge in [0.15, 0.2) is 0 Å². The van der Waals surface area contributed by atoms with Crippen LogP contribution in [0.4, 0.5) is 0 Å². The molecule has 0 spiro atoms. The number of allylic oxidation sites excluding steroid dienone is 1. The summed E-state index contributed by atoms with van der Waals surface area (Å²) < 4.78 is 0. The van der Waals surface area contributed by atoms with Crippen LogP contribution in [-0.2, 0) is 6.42 Å². The van der Waals surface area contributed by atoms with Gasteiger partial charge in [-0.1, -0.05) is 30.3 Å². The van der Waals surface area contributed by atoms with Crippen LogP contribution in [0, 0.1) is 0 Å². The average Bonchev–Trinajstić information content (AvgIpc) is 2.82. The fourth-order valence-corrected chi connectivity index (χ4v) is 3.53. The first-order valence-corrected chi connectivity index (χ1v) is 6.51. The number of fused-ring (bicyclic) bond motifs is 1. The average molecular weight is 217 g/mol. The predicted octanol–water partition coefficient (Wildman–Crippen LogP) is 2.89. The molecule has 0 radical (unpaired) electrons. The van der Waals surface area contributed by atoms with E-state index >= 15 is 0 Å². The summed E-state index contributed by atoms with van der Waals surface area (Å²) in [7, 11) is 0. The second kappa shape index (κ2) is 4.03. The summed E-state index contributed by atoms with van der Waals surface area (Å²) in [5.41, 5.74) is 3.05. The van der Waals surface area contributed by atoms with Crippen LogP contribution in [0.25, 0.3) is 0 Å². The summed E-state index contributed by atoms with van der Waals surface area (Å²) in [4.78, 5) is 0. The Kier molecular flexibility index (Phi) is 2.55. The van der Waals surface area contributed by atoms with Crippen LogP contribution in [-0.4, -0.2) is 11.8 Å². The molecule has 0 aromatic heterocycles. The summed E-state index contributed by atoms with van der Waals surface area (Å²) in [6.07, 6.45) is 4.67. The van der Waals surface area contributed by atoms with E-state index in [9.17, 15) is 0 Å². The summed E-state index contributed by atoms with van der Waals surface area (Å²) in [5.74, 6) is 0. The highest BCUT2D eigenvalue weighted by Crippen LogP contribution is 2.37. The largest absolute Gasteiger partial charge is 0.309 e. The van der Waals surface area contributed by atoms with E-state index in [0.717, 1.165) is 6.54 Å². The fraction of sp³-hybridized carbons (Fsp3) is 0.385. The van der Waals surface area contributed by atoms with Gasteiger partial charge in [0, 0.05) is 11.3 Å². The first-order chi connectivity index (χ1) is 7.45. The van der Waals surface area contributed by atoms with Gasteiger partial charge in [-0.25, -0.2) is 0 Å². The summed E-state index contributed by atoms with van der Waals surface area (Å²) >= 11 is 1.97. The maximum Gasteiger partial charge on any atom is 0.0449 e. The molecule has 2 atom stereocenters. The van der Waals surface area contributed by atoms with Gasteiger partial charge < -0.3 is 5.32 Å². The lowest BCUT2D eigenvalue weighted by molar-refractivity contribution is 0.491. The van der Waals surface area contributed by atoms with E-state index in [1.807, 2.05) is 11.8 Å². The Bertz CT molecular complexity index is 378. The summed E-state index contributed by atoms with van der Waals surface area (Å²) in [6.45, 7) is 1.12. The van der Waals surface area contributed by atoms with Crippen LogP contribution in [0.2, 0.25) is 0 Å². The van der Waals surface area contributed by atoms with Crippen molar-refractivity contribution in [1.29, 1.82) is 0 Å². The van der Waals surface area contributed by atoms with E-state index in [-0.39, 0.29) is 0 Å². The fourth-order valence-electron chi connectivity index (χ4n) is 2.49. The Hall–Kier alpha value is -0.730. The van der Waals surface area contributed by atoms with Gasteiger partial charge in [0.05, 0.1) is 0 Å². The zero-order chi connectivity index (χ0) is 10.1. The number of rotatable bonds is 1. The molecular weight excluding hydrogens is 202 g/mol. The third-order valence-corrected chi connectivity index (χ3v) is 4.40. The van der Waals surface area contributed by atoms with Crippen molar-refractivity contribution >= 4 is 11.8 Å². The molecule has 0 fully saturated rings. The Morgan fingerprint density at radius 2 is 2.20 bits per heavy atom. The molecule has 1 N–H and O–H groups in total. The van der Waals surface area contributed by atoms with Crippen molar-refractivity contribution in [3.05, 3.63) is 46.9 Å². The highest BCUT2D eigenvalue weighted by molar-refractivity contribution is 8.03. The van der Waals surface area contributed by atoms with Gasteiger partial charge in [0.25, 0.3) is 0 Å². The minimum absolute atomic E-state index is 0.551. The van der Waals surface area contributed by atoms with Crippen LogP contribution < -0.4 is 5.32 Å². The molecule has 2 aliphatic rings. The number of nitrogens with one attached hydrogen (secondary N) is 1. The first kappa shape index (κ1) is 9.49. The Labute approximate surface area is 95.0 Å². The Balaban J connectivity index is 1.92. The summed E-state index contributed by atoms with van der Waals surface area (Å²) in [5, 5.41) is 6.60. The third-order valence-electron chi connectivity index (χ3n) is 3.24. The minimum atomic E-state index is 0.551. The van der Waals surface area contributed by atoms with Gasteiger partial charge in [-0.15, -0.1) is 11.8 Å². The van der Waals surface area contributed by atoms with Crippen LogP contribution in [0.1, 0.15) is 23.6 Å². The van der Waals surface area contributed by atoms with Crippen molar-refractivity contribution in [1.82, 2.24) is 5.32 Å². The molecule has 0 amide bonds. The third kappa shape index (κ3) is 1.72. The van der Waals surface area contributed by atoms with E-state index in [1.165, 1.54) is 24.0 Å². The van der Waals surface area contributed by atoms with Crippen molar-refractivity contribution < 1.29 is 0 Å². The van der Waals surface area contributed by atoms with E-state index in [0.29, 0.717) is 11.3 Å². The van der Waals surface area contributed by atoms with Gasteiger partial charge in [-0.05, 0) is 35.9 Å². The maximum atomic E-state index is 3.66. The first-order valence-electron chi connectivity index (χ1n) is 5.57. The Morgan fingerprint density at radius 3 is 3.07 bits per heavy atom. The van der Waals surface area contributed by atoms with Crippen LogP contribution >= 0.6 is 11.8 Å². The lowest BCUT2D eigenvalue weighted by atomic mass is 9.91.